The van der Waals surface area contributed by atoms with E-state index in [4.69, 9.17) is 4.74 Å². The first-order chi connectivity index (χ1) is 7.36. The maximum atomic E-state index is 5.28. The van der Waals surface area contributed by atoms with Crippen LogP contribution in [0.15, 0.2) is 24.3 Å². The minimum absolute atomic E-state index is 0.721. The molecule has 88 valence electrons. The van der Waals surface area contributed by atoms with Gasteiger partial charge in [0.25, 0.3) is 0 Å². The van der Waals surface area contributed by atoms with E-state index in [1.807, 2.05) is 65.9 Å². The molecule has 2 heteroatoms. The average molecular weight is 211 g/mol. The minimum atomic E-state index is 0.721. The van der Waals surface area contributed by atoms with Crippen molar-refractivity contribution in [3.05, 3.63) is 24.3 Å². The van der Waals surface area contributed by atoms with Crippen LogP contribution in [0.2, 0.25) is 0 Å². The quantitative estimate of drug-likeness (QED) is 0.809. The molecule has 0 atom stereocenters. The van der Waals surface area contributed by atoms with Crippen LogP contribution in [-0.2, 0) is 0 Å². The van der Waals surface area contributed by atoms with Crippen LogP contribution in [0.4, 0.5) is 5.69 Å². The summed E-state index contributed by atoms with van der Waals surface area (Å²) >= 11 is 0. The van der Waals surface area contributed by atoms with Gasteiger partial charge in [-0.3, -0.25) is 0 Å². The van der Waals surface area contributed by atoms with E-state index in [-0.39, 0.29) is 0 Å². The molecule has 0 aromatic heterocycles. The zero-order valence-electron chi connectivity index (χ0n) is 10.9. The van der Waals surface area contributed by atoms with Crippen LogP contribution < -0.4 is 10.1 Å². The maximum Gasteiger partial charge on any atom is 0.119 e. The lowest BCUT2D eigenvalue weighted by Gasteiger charge is -2.03. The molecular formula is C13H25NO. The number of benzene rings is 1. The van der Waals surface area contributed by atoms with Gasteiger partial charge in [-0.2, -0.15) is 0 Å². The Morgan fingerprint density at radius 1 is 1.00 bits per heavy atom. The summed E-state index contributed by atoms with van der Waals surface area (Å²) in [4.78, 5) is 0. The second-order valence-electron chi connectivity index (χ2n) is 2.21. The lowest BCUT2D eigenvalue weighted by Crippen LogP contribution is -1.91. The summed E-state index contributed by atoms with van der Waals surface area (Å²) in [5, 5.41) is 3.04. The molecule has 0 unspecified atom stereocenters. The van der Waals surface area contributed by atoms with E-state index >= 15 is 0 Å². The Bertz CT molecular complexity index is 206. The van der Waals surface area contributed by atoms with Crippen molar-refractivity contribution in [2.45, 2.75) is 34.6 Å². The average Bonchev–Trinajstić information content (AvgIpc) is 2.36. The molecule has 0 amide bonds. The summed E-state index contributed by atoms with van der Waals surface area (Å²) in [5.74, 6) is 0.923. The summed E-state index contributed by atoms with van der Waals surface area (Å²) in [7, 11) is 1.90. The Kier molecular flexibility index (Phi) is 13.9. The molecule has 1 N–H and O–H groups in total. The van der Waals surface area contributed by atoms with E-state index in [2.05, 4.69) is 5.32 Å². The highest BCUT2D eigenvalue weighted by Gasteiger charge is 1.90. The van der Waals surface area contributed by atoms with Crippen LogP contribution in [0.25, 0.3) is 0 Å². The van der Waals surface area contributed by atoms with Gasteiger partial charge in [0.1, 0.15) is 5.75 Å². The first-order valence-electron chi connectivity index (χ1n) is 5.77. The van der Waals surface area contributed by atoms with Crippen LogP contribution >= 0.6 is 0 Å². The Hall–Kier alpha value is -1.18. The van der Waals surface area contributed by atoms with Crippen molar-refractivity contribution in [3.63, 3.8) is 0 Å². The molecule has 0 heterocycles. The molecule has 0 aliphatic carbocycles. The fourth-order valence-electron chi connectivity index (χ4n) is 0.884. The van der Waals surface area contributed by atoms with E-state index in [9.17, 15) is 0 Å². The van der Waals surface area contributed by atoms with Crippen LogP contribution in [0.3, 0.4) is 0 Å². The standard InChI is InChI=1S/C9H13NO.2C2H6/c1-3-11-9-6-4-8(10-2)5-7-9;2*1-2/h4-7,10H,3H2,1-2H3;2*1-2H3. The number of hydrogen-bond donors (Lipinski definition) is 1. The zero-order valence-corrected chi connectivity index (χ0v) is 10.9. The number of anilines is 1. The van der Waals surface area contributed by atoms with Crippen LogP contribution in [0, 0.1) is 0 Å². The van der Waals surface area contributed by atoms with Crippen molar-refractivity contribution in [2.24, 2.45) is 0 Å². The molecule has 1 rings (SSSR count). The lowest BCUT2D eigenvalue weighted by molar-refractivity contribution is 0.340. The Labute approximate surface area is 94.7 Å². The molecular weight excluding hydrogens is 186 g/mol. The molecule has 2 nitrogen and oxygen atoms in total. The third kappa shape index (κ3) is 7.86. The largest absolute Gasteiger partial charge is 0.494 e. The molecule has 0 saturated carbocycles. The minimum Gasteiger partial charge on any atom is -0.494 e. The normalized spacial score (nSPS) is 7.60. The SMILES string of the molecule is CC.CC.CCOc1ccc(NC)cc1. The van der Waals surface area contributed by atoms with Crippen LogP contribution in [0.5, 0.6) is 5.75 Å². The lowest BCUT2D eigenvalue weighted by atomic mass is 10.3. The predicted octanol–water partition coefficient (Wildman–Crippen LogP) is 4.18. The first-order valence-corrected chi connectivity index (χ1v) is 5.77. The van der Waals surface area contributed by atoms with Gasteiger partial charge in [0.15, 0.2) is 0 Å². The highest BCUT2D eigenvalue weighted by molar-refractivity contribution is 5.45. The van der Waals surface area contributed by atoms with Gasteiger partial charge >= 0.3 is 0 Å². The monoisotopic (exact) mass is 211 g/mol. The molecule has 0 spiro atoms. The summed E-state index contributed by atoms with van der Waals surface area (Å²) < 4.78 is 5.28. The third-order valence-electron chi connectivity index (χ3n) is 1.45. The van der Waals surface area contributed by atoms with E-state index in [0.29, 0.717) is 0 Å². The van der Waals surface area contributed by atoms with Crippen molar-refractivity contribution in [3.8, 4) is 5.75 Å². The molecule has 1 aromatic rings. The highest BCUT2D eigenvalue weighted by Crippen LogP contribution is 2.14. The van der Waals surface area contributed by atoms with Crippen molar-refractivity contribution in [2.75, 3.05) is 19.0 Å². The van der Waals surface area contributed by atoms with Gasteiger partial charge in [0.05, 0.1) is 6.61 Å². The second kappa shape index (κ2) is 12.8. The topological polar surface area (TPSA) is 21.3 Å². The Morgan fingerprint density at radius 2 is 1.47 bits per heavy atom. The molecule has 0 aliphatic rings. The molecule has 0 radical (unpaired) electrons. The van der Waals surface area contributed by atoms with Gasteiger partial charge in [-0.25, -0.2) is 0 Å². The van der Waals surface area contributed by atoms with Gasteiger partial charge in [0, 0.05) is 12.7 Å². The summed E-state index contributed by atoms with van der Waals surface area (Å²) in [5.41, 5.74) is 1.11. The van der Waals surface area contributed by atoms with Crippen molar-refractivity contribution < 1.29 is 4.74 Å². The maximum absolute atomic E-state index is 5.28. The zero-order chi connectivity index (χ0) is 12.1. The Morgan fingerprint density at radius 3 is 1.80 bits per heavy atom. The molecule has 0 saturated heterocycles. The van der Waals surface area contributed by atoms with Gasteiger partial charge in [-0.05, 0) is 31.2 Å². The smallest absolute Gasteiger partial charge is 0.119 e. The molecule has 0 aliphatic heterocycles. The van der Waals surface area contributed by atoms with Crippen molar-refractivity contribution in [1.82, 2.24) is 0 Å². The van der Waals surface area contributed by atoms with Crippen molar-refractivity contribution in [1.29, 1.82) is 0 Å². The second-order valence-corrected chi connectivity index (χ2v) is 2.21. The highest BCUT2D eigenvalue weighted by atomic mass is 16.5. The van der Waals surface area contributed by atoms with Gasteiger partial charge in [-0.1, -0.05) is 27.7 Å². The van der Waals surface area contributed by atoms with E-state index < -0.39 is 0 Å². The van der Waals surface area contributed by atoms with Crippen LogP contribution in [-0.4, -0.2) is 13.7 Å². The summed E-state index contributed by atoms with van der Waals surface area (Å²) in [6, 6.07) is 7.89. The van der Waals surface area contributed by atoms with Gasteiger partial charge in [-0.15, -0.1) is 0 Å². The van der Waals surface area contributed by atoms with Gasteiger partial charge < -0.3 is 10.1 Å². The van der Waals surface area contributed by atoms with E-state index in [0.717, 1.165) is 18.0 Å². The number of hydrogen-bond acceptors (Lipinski definition) is 2. The molecule has 1 aromatic carbocycles. The first kappa shape index (κ1) is 16.3. The van der Waals surface area contributed by atoms with E-state index in [1.54, 1.807) is 0 Å². The summed E-state index contributed by atoms with van der Waals surface area (Å²) in [6.07, 6.45) is 0. The van der Waals surface area contributed by atoms with Crippen LogP contribution in [0.1, 0.15) is 34.6 Å². The predicted molar refractivity (Wildman–Crippen MR) is 69.9 cm³/mol. The number of nitrogens with one attached hydrogen (secondary N) is 1. The summed E-state index contributed by atoms with van der Waals surface area (Å²) in [6.45, 7) is 10.7. The number of rotatable bonds is 3. The molecule has 0 fully saturated rings. The van der Waals surface area contributed by atoms with Gasteiger partial charge in [0.2, 0.25) is 0 Å². The molecule has 0 bridgehead atoms. The number of ether oxygens (including phenoxy) is 1. The van der Waals surface area contributed by atoms with Crippen molar-refractivity contribution >= 4 is 5.69 Å². The van der Waals surface area contributed by atoms with E-state index in [1.165, 1.54) is 0 Å². The molecule has 15 heavy (non-hydrogen) atoms. The fourth-order valence-corrected chi connectivity index (χ4v) is 0.884. The Balaban J connectivity index is 0. The third-order valence-corrected chi connectivity index (χ3v) is 1.45. The fraction of sp³-hybridized carbons (Fsp3) is 0.538.